The third-order valence-corrected chi connectivity index (χ3v) is 5.61. The molecule has 1 aliphatic rings. The molecular formula is C24H24N6O2. The van der Waals surface area contributed by atoms with Crippen LogP contribution in [0.1, 0.15) is 35.1 Å². The van der Waals surface area contributed by atoms with Crippen molar-refractivity contribution < 1.29 is 4.79 Å². The van der Waals surface area contributed by atoms with Crippen LogP contribution in [0, 0.1) is 0 Å². The summed E-state index contributed by atoms with van der Waals surface area (Å²) < 4.78 is 4.70. The van der Waals surface area contributed by atoms with Gasteiger partial charge in [-0.25, -0.2) is 14.0 Å². The molecule has 0 atom stereocenters. The zero-order valence-corrected chi connectivity index (χ0v) is 17.8. The minimum atomic E-state index is -0.236. The van der Waals surface area contributed by atoms with Gasteiger partial charge in [0.05, 0.1) is 17.9 Å². The summed E-state index contributed by atoms with van der Waals surface area (Å²) in [5, 5.41) is 11.9. The Labute approximate surface area is 185 Å². The van der Waals surface area contributed by atoms with Crippen molar-refractivity contribution in [1.82, 2.24) is 29.4 Å². The lowest BCUT2D eigenvalue weighted by atomic mass is 10.1. The van der Waals surface area contributed by atoms with Crippen LogP contribution < -0.4 is 11.0 Å². The molecule has 162 valence electrons. The number of rotatable bonds is 7. The third-order valence-electron chi connectivity index (χ3n) is 5.61. The van der Waals surface area contributed by atoms with E-state index in [0.717, 1.165) is 35.6 Å². The maximum atomic E-state index is 13.0. The fourth-order valence-corrected chi connectivity index (χ4v) is 3.79. The van der Waals surface area contributed by atoms with Crippen LogP contribution in [0.4, 0.5) is 0 Å². The molecule has 32 heavy (non-hydrogen) atoms. The Kier molecular flexibility index (Phi) is 5.18. The van der Waals surface area contributed by atoms with Crippen LogP contribution in [-0.2, 0) is 13.6 Å². The van der Waals surface area contributed by atoms with Gasteiger partial charge in [0.15, 0.2) is 0 Å². The van der Waals surface area contributed by atoms with E-state index in [2.05, 4.69) is 15.5 Å². The Morgan fingerprint density at radius 3 is 2.41 bits per heavy atom. The van der Waals surface area contributed by atoms with E-state index in [1.54, 1.807) is 22.4 Å². The summed E-state index contributed by atoms with van der Waals surface area (Å²) in [4.78, 5) is 25.7. The first-order chi connectivity index (χ1) is 15.6. The number of hydrogen-bond donors (Lipinski definition) is 1. The molecule has 8 heteroatoms. The van der Waals surface area contributed by atoms with Crippen molar-refractivity contribution in [3.05, 3.63) is 88.7 Å². The Balaban J connectivity index is 1.30. The van der Waals surface area contributed by atoms with Gasteiger partial charge in [0.2, 0.25) is 0 Å². The first kappa shape index (κ1) is 20.0. The number of nitrogens with one attached hydrogen (secondary N) is 1. The minimum absolute atomic E-state index is 0.181. The number of carbonyl (C=O) groups is 1. The van der Waals surface area contributed by atoms with Gasteiger partial charge >= 0.3 is 5.69 Å². The van der Waals surface area contributed by atoms with Crippen molar-refractivity contribution in [1.29, 1.82) is 0 Å². The van der Waals surface area contributed by atoms with Gasteiger partial charge in [-0.05, 0) is 31.0 Å². The second kappa shape index (κ2) is 8.30. The van der Waals surface area contributed by atoms with E-state index in [0.29, 0.717) is 24.7 Å². The largest absolute Gasteiger partial charge is 0.350 e. The molecule has 0 unspecified atom stereocenters. The summed E-state index contributed by atoms with van der Waals surface area (Å²) in [6, 6.07) is 21.1. The molecule has 1 fully saturated rings. The van der Waals surface area contributed by atoms with Crippen LogP contribution in [0.5, 0.6) is 0 Å². The van der Waals surface area contributed by atoms with E-state index in [9.17, 15) is 9.59 Å². The third kappa shape index (κ3) is 3.87. The van der Waals surface area contributed by atoms with Gasteiger partial charge in [-0.15, -0.1) is 0 Å². The van der Waals surface area contributed by atoms with Crippen molar-refractivity contribution in [2.45, 2.75) is 25.3 Å². The normalized spacial score (nSPS) is 13.3. The van der Waals surface area contributed by atoms with E-state index >= 15 is 0 Å². The number of aromatic nitrogens is 5. The SMILES string of the molecule is Cn1nc(-c2ccccc2)cc1C(=O)NCCn1nc(C2CC2)n(-c2ccccc2)c1=O. The number of amides is 1. The maximum Gasteiger partial charge on any atom is 0.350 e. The smallest absolute Gasteiger partial charge is 0.349 e. The standard InChI is InChI=1S/C24H24N6O2/c1-28-21(16-20(26-28)17-8-4-2-5-9-17)23(31)25-14-15-29-24(32)30(19-10-6-3-7-11-19)22(27-29)18-12-13-18/h2-11,16,18H,12-15H2,1H3,(H,25,31). The van der Waals surface area contributed by atoms with Gasteiger partial charge in [-0.3, -0.25) is 9.48 Å². The van der Waals surface area contributed by atoms with Gasteiger partial charge in [0.1, 0.15) is 11.5 Å². The zero-order valence-electron chi connectivity index (χ0n) is 17.8. The molecule has 0 saturated heterocycles. The molecule has 4 aromatic rings. The van der Waals surface area contributed by atoms with E-state index < -0.39 is 0 Å². The Morgan fingerprint density at radius 1 is 1.03 bits per heavy atom. The summed E-state index contributed by atoms with van der Waals surface area (Å²) in [5.41, 5.74) is 2.79. The Morgan fingerprint density at radius 2 is 1.72 bits per heavy atom. The van der Waals surface area contributed by atoms with E-state index in [1.807, 2.05) is 60.7 Å². The maximum absolute atomic E-state index is 13.0. The zero-order chi connectivity index (χ0) is 22.1. The Hall–Kier alpha value is -3.94. The van der Waals surface area contributed by atoms with Crippen molar-refractivity contribution in [2.75, 3.05) is 6.54 Å². The van der Waals surface area contributed by atoms with Crippen LogP contribution in [0.3, 0.4) is 0 Å². The van der Waals surface area contributed by atoms with Crippen LogP contribution >= 0.6 is 0 Å². The van der Waals surface area contributed by atoms with E-state index in [1.165, 1.54) is 4.68 Å². The minimum Gasteiger partial charge on any atom is -0.349 e. The van der Waals surface area contributed by atoms with Gasteiger partial charge in [-0.2, -0.15) is 10.2 Å². The second-order valence-electron chi connectivity index (χ2n) is 7.97. The fourth-order valence-electron chi connectivity index (χ4n) is 3.79. The summed E-state index contributed by atoms with van der Waals surface area (Å²) in [6.07, 6.45) is 2.09. The highest BCUT2D eigenvalue weighted by Gasteiger charge is 2.31. The number of nitrogens with zero attached hydrogens (tertiary/aromatic N) is 5. The molecule has 2 aromatic heterocycles. The van der Waals surface area contributed by atoms with Gasteiger partial charge in [0, 0.05) is 25.1 Å². The van der Waals surface area contributed by atoms with Crippen LogP contribution in [-0.4, -0.2) is 36.6 Å². The number of hydrogen-bond acceptors (Lipinski definition) is 4. The first-order valence-corrected chi connectivity index (χ1v) is 10.7. The van der Waals surface area contributed by atoms with Gasteiger partial charge in [-0.1, -0.05) is 48.5 Å². The highest BCUT2D eigenvalue weighted by atomic mass is 16.2. The lowest BCUT2D eigenvalue weighted by molar-refractivity contribution is 0.0942. The molecule has 0 aliphatic heterocycles. The lowest BCUT2D eigenvalue weighted by Crippen LogP contribution is -2.32. The molecular weight excluding hydrogens is 404 g/mol. The predicted octanol–water partition coefficient (Wildman–Crippen LogP) is 2.74. The number of carbonyl (C=O) groups excluding carboxylic acids is 1. The highest BCUT2D eigenvalue weighted by molar-refractivity contribution is 5.93. The van der Waals surface area contributed by atoms with Gasteiger partial charge in [0.25, 0.3) is 5.91 Å². The molecule has 8 nitrogen and oxygen atoms in total. The Bertz CT molecular complexity index is 1300. The second-order valence-corrected chi connectivity index (χ2v) is 7.97. The lowest BCUT2D eigenvalue weighted by Gasteiger charge is -2.05. The van der Waals surface area contributed by atoms with Crippen LogP contribution in [0.15, 0.2) is 71.5 Å². The first-order valence-electron chi connectivity index (χ1n) is 10.7. The summed E-state index contributed by atoms with van der Waals surface area (Å²) >= 11 is 0. The highest BCUT2D eigenvalue weighted by Crippen LogP contribution is 2.39. The molecule has 1 saturated carbocycles. The number of benzene rings is 2. The molecule has 0 spiro atoms. The molecule has 0 radical (unpaired) electrons. The molecule has 1 amide bonds. The fraction of sp³-hybridized carbons (Fsp3) is 0.250. The summed E-state index contributed by atoms with van der Waals surface area (Å²) in [7, 11) is 1.75. The molecule has 1 N–H and O–H groups in total. The van der Waals surface area contributed by atoms with Crippen molar-refractivity contribution in [2.24, 2.45) is 7.05 Å². The van der Waals surface area contributed by atoms with Crippen molar-refractivity contribution in [3.8, 4) is 16.9 Å². The summed E-state index contributed by atoms with van der Waals surface area (Å²) in [5.74, 6) is 0.886. The topological polar surface area (TPSA) is 86.7 Å². The van der Waals surface area contributed by atoms with E-state index in [4.69, 9.17) is 0 Å². The van der Waals surface area contributed by atoms with Crippen molar-refractivity contribution >= 4 is 5.91 Å². The average Bonchev–Trinajstić information content (AvgIpc) is 3.51. The van der Waals surface area contributed by atoms with E-state index in [-0.39, 0.29) is 11.6 Å². The molecule has 1 aliphatic carbocycles. The average molecular weight is 428 g/mol. The van der Waals surface area contributed by atoms with Crippen molar-refractivity contribution in [3.63, 3.8) is 0 Å². The summed E-state index contributed by atoms with van der Waals surface area (Å²) in [6.45, 7) is 0.591. The van der Waals surface area contributed by atoms with Crippen LogP contribution in [0.2, 0.25) is 0 Å². The number of aryl methyl sites for hydroxylation is 1. The van der Waals surface area contributed by atoms with Gasteiger partial charge < -0.3 is 5.32 Å². The molecule has 5 rings (SSSR count). The molecule has 0 bridgehead atoms. The monoisotopic (exact) mass is 428 g/mol. The molecule has 2 aromatic carbocycles. The van der Waals surface area contributed by atoms with Crippen LogP contribution in [0.25, 0.3) is 16.9 Å². The predicted molar refractivity (Wildman–Crippen MR) is 121 cm³/mol. The quantitative estimate of drug-likeness (QED) is 0.490. The number of para-hydroxylation sites is 1. The molecule has 2 heterocycles.